The molecular weight excluding hydrogens is 264 g/mol. The Morgan fingerprint density at radius 1 is 1.40 bits per heavy atom. The van der Waals surface area contributed by atoms with Gasteiger partial charge in [0.05, 0.1) is 6.54 Å². The molecule has 0 fully saturated rings. The van der Waals surface area contributed by atoms with Crippen LogP contribution in [0, 0.1) is 0 Å². The lowest BCUT2D eigenvalue weighted by Gasteiger charge is -2.24. The number of nitrogens with two attached hydrogens (primary N) is 1. The molecule has 1 aliphatic heterocycles. The molecule has 0 radical (unpaired) electrons. The summed E-state index contributed by atoms with van der Waals surface area (Å²) in [5.41, 5.74) is 5.99. The molecule has 20 heavy (non-hydrogen) atoms. The van der Waals surface area contributed by atoms with Gasteiger partial charge in [0.1, 0.15) is 11.8 Å². The summed E-state index contributed by atoms with van der Waals surface area (Å²) < 4.78 is 0. The molecule has 4 N–H and O–H groups in total. The van der Waals surface area contributed by atoms with Crippen molar-refractivity contribution in [3.63, 3.8) is 0 Å². The first kappa shape index (κ1) is 13.9. The van der Waals surface area contributed by atoms with Crippen molar-refractivity contribution >= 4 is 17.8 Å². The first-order chi connectivity index (χ1) is 9.41. The number of aromatic hydroxyl groups is 1. The third kappa shape index (κ3) is 2.42. The number of carbonyl (C=O) groups excluding carboxylic acids is 2. The number of carbonyl (C=O) groups is 3. The van der Waals surface area contributed by atoms with Crippen molar-refractivity contribution in [1.82, 2.24) is 4.90 Å². The van der Waals surface area contributed by atoms with E-state index < -0.39 is 23.8 Å². The highest BCUT2D eigenvalue weighted by Crippen LogP contribution is 2.31. The molecule has 0 unspecified atom stereocenters. The van der Waals surface area contributed by atoms with Crippen molar-refractivity contribution < 1.29 is 24.6 Å². The maximum absolute atomic E-state index is 12.2. The average molecular weight is 278 g/mol. The Hall–Kier alpha value is -2.57. The molecule has 1 aromatic carbocycles. The molecule has 0 aliphatic carbocycles. The van der Waals surface area contributed by atoms with Gasteiger partial charge in [0.2, 0.25) is 5.91 Å². The van der Waals surface area contributed by atoms with Gasteiger partial charge in [-0.25, -0.2) is 0 Å². The molecule has 2 rings (SSSR count). The highest BCUT2D eigenvalue weighted by atomic mass is 16.4. The molecule has 2 amide bonds. The topological polar surface area (TPSA) is 121 Å². The summed E-state index contributed by atoms with van der Waals surface area (Å²) in [4.78, 5) is 35.5. The van der Waals surface area contributed by atoms with E-state index >= 15 is 0 Å². The van der Waals surface area contributed by atoms with Crippen molar-refractivity contribution in [3.05, 3.63) is 29.3 Å². The van der Waals surface area contributed by atoms with Crippen molar-refractivity contribution in [1.29, 1.82) is 0 Å². The number of rotatable bonds is 5. The van der Waals surface area contributed by atoms with Gasteiger partial charge in [-0.3, -0.25) is 14.4 Å². The van der Waals surface area contributed by atoms with Crippen LogP contribution in [-0.4, -0.2) is 38.9 Å². The number of hydrogen-bond donors (Lipinski definition) is 3. The number of phenols is 1. The number of amides is 2. The fourth-order valence-corrected chi connectivity index (χ4v) is 2.30. The van der Waals surface area contributed by atoms with E-state index in [1.807, 2.05) is 0 Å². The van der Waals surface area contributed by atoms with Gasteiger partial charge in [0, 0.05) is 17.5 Å². The third-order valence-corrected chi connectivity index (χ3v) is 3.31. The largest absolute Gasteiger partial charge is 0.508 e. The molecule has 106 valence electrons. The number of phenolic OH excluding ortho intramolecular Hbond substituents is 1. The summed E-state index contributed by atoms with van der Waals surface area (Å²) in [7, 11) is 0. The van der Waals surface area contributed by atoms with Crippen LogP contribution in [0.3, 0.4) is 0 Å². The Labute approximate surface area is 114 Å². The quantitative estimate of drug-likeness (QED) is 0.703. The fraction of sp³-hybridized carbons (Fsp3) is 0.308. The maximum Gasteiger partial charge on any atom is 0.303 e. The zero-order valence-corrected chi connectivity index (χ0v) is 10.6. The normalized spacial score (nSPS) is 15.0. The van der Waals surface area contributed by atoms with Crippen LogP contribution >= 0.6 is 0 Å². The fourth-order valence-electron chi connectivity index (χ4n) is 2.30. The summed E-state index contributed by atoms with van der Waals surface area (Å²) >= 11 is 0. The summed E-state index contributed by atoms with van der Waals surface area (Å²) in [6.07, 6.45) is -0.315. The minimum absolute atomic E-state index is 0.0280. The van der Waals surface area contributed by atoms with Gasteiger partial charge in [0.15, 0.2) is 0 Å². The molecule has 0 bridgehead atoms. The van der Waals surface area contributed by atoms with E-state index in [4.69, 9.17) is 10.8 Å². The Balaban J connectivity index is 2.25. The van der Waals surface area contributed by atoms with E-state index in [1.165, 1.54) is 17.0 Å². The van der Waals surface area contributed by atoms with Crippen molar-refractivity contribution in [3.8, 4) is 5.75 Å². The number of hydrogen-bond acceptors (Lipinski definition) is 4. The Bertz CT molecular complexity index is 584. The Morgan fingerprint density at radius 2 is 2.10 bits per heavy atom. The van der Waals surface area contributed by atoms with E-state index in [9.17, 15) is 19.5 Å². The van der Waals surface area contributed by atoms with Gasteiger partial charge in [-0.15, -0.1) is 0 Å². The lowest BCUT2D eigenvalue weighted by atomic mass is 10.1. The van der Waals surface area contributed by atoms with Crippen LogP contribution in [0.15, 0.2) is 18.2 Å². The molecular formula is C13H14N2O5. The average Bonchev–Trinajstić information content (AvgIpc) is 2.69. The van der Waals surface area contributed by atoms with E-state index in [1.54, 1.807) is 6.07 Å². The molecule has 1 atom stereocenters. The lowest BCUT2D eigenvalue weighted by Crippen LogP contribution is -2.45. The number of fused-ring (bicyclic) bond motifs is 1. The zero-order chi connectivity index (χ0) is 14.9. The molecule has 0 saturated carbocycles. The van der Waals surface area contributed by atoms with E-state index in [0.29, 0.717) is 11.1 Å². The van der Waals surface area contributed by atoms with Gasteiger partial charge in [-0.05, 0) is 18.6 Å². The number of primary amides is 1. The maximum atomic E-state index is 12.2. The van der Waals surface area contributed by atoms with Crippen LogP contribution in [0.5, 0.6) is 5.75 Å². The van der Waals surface area contributed by atoms with Crippen LogP contribution in [0.4, 0.5) is 0 Å². The van der Waals surface area contributed by atoms with Crippen LogP contribution in [0.25, 0.3) is 0 Å². The van der Waals surface area contributed by atoms with Gasteiger partial charge >= 0.3 is 5.97 Å². The molecule has 1 aliphatic rings. The number of aliphatic carboxylic acids is 1. The molecule has 7 heteroatoms. The smallest absolute Gasteiger partial charge is 0.303 e. The first-order valence-corrected chi connectivity index (χ1v) is 6.04. The molecule has 1 heterocycles. The molecule has 1 aromatic rings. The Morgan fingerprint density at radius 3 is 2.65 bits per heavy atom. The van der Waals surface area contributed by atoms with Crippen LogP contribution in [0.1, 0.15) is 28.8 Å². The summed E-state index contributed by atoms with van der Waals surface area (Å²) in [6, 6.07) is 3.54. The highest BCUT2D eigenvalue weighted by Gasteiger charge is 2.36. The second kappa shape index (κ2) is 5.20. The zero-order valence-electron chi connectivity index (χ0n) is 10.6. The van der Waals surface area contributed by atoms with E-state index in [-0.39, 0.29) is 25.1 Å². The van der Waals surface area contributed by atoms with Crippen LogP contribution in [0.2, 0.25) is 0 Å². The third-order valence-electron chi connectivity index (χ3n) is 3.31. The lowest BCUT2D eigenvalue weighted by molar-refractivity contribution is -0.137. The van der Waals surface area contributed by atoms with Crippen LogP contribution < -0.4 is 5.73 Å². The number of carboxylic acids is 1. The van der Waals surface area contributed by atoms with E-state index in [2.05, 4.69) is 0 Å². The first-order valence-electron chi connectivity index (χ1n) is 6.04. The summed E-state index contributed by atoms with van der Waals surface area (Å²) in [5, 5.41) is 18.4. The summed E-state index contributed by atoms with van der Waals surface area (Å²) in [5.74, 6) is -2.28. The number of carboxylic acid groups (broad SMARTS) is 1. The van der Waals surface area contributed by atoms with Crippen molar-refractivity contribution in [2.24, 2.45) is 5.73 Å². The molecule has 7 nitrogen and oxygen atoms in total. The molecule has 0 aromatic heterocycles. The minimum Gasteiger partial charge on any atom is -0.508 e. The van der Waals surface area contributed by atoms with Gasteiger partial charge in [0.25, 0.3) is 5.91 Å². The predicted molar refractivity (Wildman–Crippen MR) is 67.8 cm³/mol. The SMILES string of the molecule is NC(=O)[C@H](CCC(=O)O)N1Cc2c(O)cccc2C1=O. The number of nitrogens with zero attached hydrogens (tertiary/aromatic N) is 1. The van der Waals surface area contributed by atoms with Crippen LogP contribution in [-0.2, 0) is 16.1 Å². The van der Waals surface area contributed by atoms with E-state index in [0.717, 1.165) is 0 Å². The van der Waals surface area contributed by atoms with Gasteiger partial charge in [-0.1, -0.05) is 6.07 Å². The Kier molecular flexibility index (Phi) is 3.60. The highest BCUT2D eigenvalue weighted by molar-refractivity contribution is 6.01. The van der Waals surface area contributed by atoms with Crippen molar-refractivity contribution in [2.75, 3.05) is 0 Å². The predicted octanol–water partition coefficient (Wildman–Crippen LogP) is 0.0667. The molecule has 0 saturated heterocycles. The number of benzene rings is 1. The summed E-state index contributed by atoms with van der Waals surface area (Å²) in [6.45, 7) is 0.0497. The van der Waals surface area contributed by atoms with Gasteiger partial charge in [-0.2, -0.15) is 0 Å². The minimum atomic E-state index is -1.07. The van der Waals surface area contributed by atoms with Gasteiger partial charge < -0.3 is 20.8 Å². The van der Waals surface area contributed by atoms with Crippen molar-refractivity contribution in [2.45, 2.75) is 25.4 Å². The molecule has 0 spiro atoms. The monoisotopic (exact) mass is 278 g/mol. The second-order valence-corrected chi connectivity index (χ2v) is 4.59. The standard InChI is InChI=1S/C13H14N2O5/c14-12(19)9(4-5-11(17)18)15-6-8-7(13(15)20)2-1-3-10(8)16/h1-3,9,16H,4-6H2,(H2,14,19)(H,17,18)/t9-/m0/s1. The second-order valence-electron chi connectivity index (χ2n) is 4.59.